The van der Waals surface area contributed by atoms with Crippen molar-refractivity contribution >= 4 is 23.8 Å². The third kappa shape index (κ3) is 10.2. The number of rotatable bonds is 11. The minimum Gasteiger partial charge on any atom is -0.478 e. The summed E-state index contributed by atoms with van der Waals surface area (Å²) in [5.74, 6) is -3.00. The number of morpholine rings is 1. The zero-order valence-electron chi connectivity index (χ0n) is 26.0. The number of benzene rings is 1. The van der Waals surface area contributed by atoms with Crippen LogP contribution in [0.15, 0.2) is 36.4 Å². The van der Waals surface area contributed by atoms with E-state index in [2.05, 4.69) is 36.4 Å². The van der Waals surface area contributed by atoms with Gasteiger partial charge in [-0.2, -0.15) is 0 Å². The average Bonchev–Trinajstić information content (AvgIpc) is 3.45. The van der Waals surface area contributed by atoms with Crippen LogP contribution >= 0.6 is 0 Å². The van der Waals surface area contributed by atoms with Gasteiger partial charge in [0.25, 0.3) is 5.91 Å². The lowest BCUT2D eigenvalue weighted by Crippen LogP contribution is -2.56. The summed E-state index contributed by atoms with van der Waals surface area (Å²) in [6.07, 6.45) is 4.02. The molecule has 0 bridgehead atoms. The predicted octanol–water partition coefficient (Wildman–Crippen LogP) is 2.40. The highest BCUT2D eigenvalue weighted by molar-refractivity contribution is 5.94. The van der Waals surface area contributed by atoms with Crippen molar-refractivity contribution in [2.24, 2.45) is 11.8 Å². The number of hydrogen-bond donors (Lipinski definition) is 3. The number of carbonyl (C=O) groups excluding carboxylic acids is 2. The first-order valence-electron chi connectivity index (χ1n) is 15.2. The second-order valence-electron chi connectivity index (χ2n) is 11.4. The van der Waals surface area contributed by atoms with E-state index in [-0.39, 0.29) is 41.1 Å². The van der Waals surface area contributed by atoms with E-state index >= 15 is 0 Å². The van der Waals surface area contributed by atoms with E-state index in [1.54, 1.807) is 18.2 Å². The van der Waals surface area contributed by atoms with Gasteiger partial charge >= 0.3 is 11.9 Å². The summed E-state index contributed by atoms with van der Waals surface area (Å²) in [5.41, 5.74) is 1.17. The third-order valence-electron chi connectivity index (χ3n) is 7.44. The molecule has 2 fully saturated rings. The minimum absolute atomic E-state index is 0.117. The smallest absolute Gasteiger partial charge is 0.328 e. The quantitative estimate of drug-likeness (QED) is 0.314. The number of halogens is 1. The fourth-order valence-corrected chi connectivity index (χ4v) is 5.31. The number of aromatic nitrogens is 3. The number of carboxylic acid groups (broad SMARTS) is 2. The van der Waals surface area contributed by atoms with Crippen molar-refractivity contribution in [3.05, 3.63) is 53.6 Å². The molecule has 14 heteroatoms. The van der Waals surface area contributed by atoms with Gasteiger partial charge in [0.2, 0.25) is 5.91 Å². The van der Waals surface area contributed by atoms with Gasteiger partial charge in [0.05, 0.1) is 24.8 Å². The molecule has 1 aromatic carbocycles. The molecule has 2 amide bonds. The Hall–Kier alpha value is -4.17. The number of nitrogens with zero attached hydrogens (tertiary/aromatic N) is 5. The number of piperidine rings is 1. The van der Waals surface area contributed by atoms with E-state index in [0.29, 0.717) is 76.6 Å². The minimum atomic E-state index is -1.26. The summed E-state index contributed by atoms with van der Waals surface area (Å²) in [6.45, 7) is 10.3. The summed E-state index contributed by atoms with van der Waals surface area (Å²) in [4.78, 5) is 50.1. The normalized spacial score (nSPS) is 18.4. The van der Waals surface area contributed by atoms with E-state index in [4.69, 9.17) is 14.9 Å². The first kappa shape index (κ1) is 35.3. The number of hydrogen-bond acceptors (Lipinski definition) is 8. The Morgan fingerprint density at radius 1 is 1.11 bits per heavy atom. The van der Waals surface area contributed by atoms with Crippen molar-refractivity contribution in [2.75, 3.05) is 45.9 Å². The molecule has 2 aromatic rings. The number of amides is 2. The zero-order chi connectivity index (χ0) is 32.9. The lowest BCUT2D eigenvalue weighted by Gasteiger charge is -2.40. The first-order valence-corrected chi connectivity index (χ1v) is 15.2. The number of para-hydroxylation sites is 1. The van der Waals surface area contributed by atoms with Gasteiger partial charge in [0, 0.05) is 50.9 Å². The first-order chi connectivity index (χ1) is 21.5. The summed E-state index contributed by atoms with van der Waals surface area (Å²) in [5, 5.41) is 27.5. The molecule has 2 aliphatic rings. The van der Waals surface area contributed by atoms with Crippen molar-refractivity contribution in [1.29, 1.82) is 0 Å². The fourth-order valence-electron chi connectivity index (χ4n) is 5.31. The second-order valence-corrected chi connectivity index (χ2v) is 11.4. The maximum Gasteiger partial charge on any atom is 0.328 e. The Balaban J connectivity index is 0.000000610. The van der Waals surface area contributed by atoms with Crippen LogP contribution in [0.4, 0.5) is 4.39 Å². The average molecular weight is 631 g/mol. The van der Waals surface area contributed by atoms with Crippen molar-refractivity contribution in [2.45, 2.75) is 52.5 Å². The molecule has 246 valence electrons. The molecule has 2 atom stereocenters. The highest BCUT2D eigenvalue weighted by atomic mass is 19.1. The van der Waals surface area contributed by atoms with Crippen LogP contribution < -0.4 is 5.32 Å². The molecule has 2 saturated heterocycles. The Morgan fingerprint density at radius 3 is 2.38 bits per heavy atom. The molecule has 13 nitrogen and oxygen atoms in total. The van der Waals surface area contributed by atoms with Crippen LogP contribution in [0.3, 0.4) is 0 Å². The highest BCUT2D eigenvalue weighted by Gasteiger charge is 2.37. The van der Waals surface area contributed by atoms with E-state index in [0.717, 1.165) is 12.8 Å². The topological polar surface area (TPSA) is 167 Å². The van der Waals surface area contributed by atoms with Gasteiger partial charge in [-0.15, -0.1) is 5.10 Å². The molecule has 0 spiro atoms. The standard InChI is InChI=1S/C27H39FN6O3.C4H4O4/c1-4-5-9-24-25(30-31-34(24)23-10-7-6-8-22(23)28)27(36)33(18-19(2)3)21-15-20(16-29-17-21)26(35)32-11-13-37-14-12-32;5-3(6)1-2-4(7)8/h6-8,10,19-21,29H,4-5,9,11-18H2,1-3H3;1-2H,(H,5,6)(H,7,8)/t20-,21+;/m1./s1. The Bertz CT molecular complexity index is 1330. The van der Waals surface area contributed by atoms with Gasteiger partial charge in [0.15, 0.2) is 5.69 Å². The molecular weight excluding hydrogens is 587 g/mol. The summed E-state index contributed by atoms with van der Waals surface area (Å²) >= 11 is 0. The van der Waals surface area contributed by atoms with Gasteiger partial charge in [-0.1, -0.05) is 44.5 Å². The number of carbonyl (C=O) groups is 4. The number of nitrogens with one attached hydrogen (secondary N) is 1. The highest BCUT2D eigenvalue weighted by Crippen LogP contribution is 2.24. The molecule has 45 heavy (non-hydrogen) atoms. The number of ether oxygens (including phenoxy) is 1. The van der Waals surface area contributed by atoms with Crippen molar-refractivity contribution in [3.8, 4) is 5.69 Å². The summed E-state index contributed by atoms with van der Waals surface area (Å²) in [7, 11) is 0. The summed E-state index contributed by atoms with van der Waals surface area (Å²) < 4.78 is 21.5. The second kappa shape index (κ2) is 17.4. The van der Waals surface area contributed by atoms with Crippen LogP contribution in [-0.4, -0.2) is 111 Å². The van der Waals surface area contributed by atoms with Gasteiger partial charge in [-0.05, 0) is 37.3 Å². The molecule has 0 aliphatic carbocycles. The van der Waals surface area contributed by atoms with E-state index in [1.807, 2.05) is 9.80 Å². The number of aliphatic carboxylic acids is 2. The van der Waals surface area contributed by atoms with E-state index in [9.17, 15) is 23.6 Å². The van der Waals surface area contributed by atoms with Gasteiger partial charge in [0.1, 0.15) is 11.5 Å². The predicted molar refractivity (Wildman–Crippen MR) is 162 cm³/mol. The molecule has 1 aromatic heterocycles. The molecule has 0 saturated carbocycles. The van der Waals surface area contributed by atoms with Crippen LogP contribution in [0, 0.1) is 17.7 Å². The van der Waals surface area contributed by atoms with Crippen molar-refractivity contribution in [1.82, 2.24) is 30.1 Å². The van der Waals surface area contributed by atoms with Crippen molar-refractivity contribution in [3.63, 3.8) is 0 Å². The number of unbranched alkanes of at least 4 members (excludes halogenated alkanes) is 1. The van der Waals surface area contributed by atoms with Crippen LogP contribution in [0.1, 0.15) is 56.2 Å². The molecule has 3 heterocycles. The maximum absolute atomic E-state index is 14.6. The Kier molecular flexibility index (Phi) is 13.6. The van der Waals surface area contributed by atoms with Crippen molar-refractivity contribution < 1.29 is 38.5 Å². The van der Waals surface area contributed by atoms with Crippen LogP contribution in [-0.2, 0) is 25.5 Å². The molecule has 2 aliphatic heterocycles. The molecule has 0 unspecified atom stereocenters. The monoisotopic (exact) mass is 630 g/mol. The molecule has 0 radical (unpaired) electrons. The SMILES string of the molecule is CCCCc1c(C(=O)N(CC(C)C)[C@@H]2CNC[C@H](C(=O)N3CCOCC3)C2)nnn1-c1ccccc1F.O=C(O)C=CC(=O)O. The maximum atomic E-state index is 14.6. The van der Waals surface area contributed by atoms with Crippen LogP contribution in [0.25, 0.3) is 5.69 Å². The lowest BCUT2D eigenvalue weighted by molar-refractivity contribution is -0.140. The molecular formula is C31H43FN6O7. The zero-order valence-corrected chi connectivity index (χ0v) is 26.0. The molecule has 4 rings (SSSR count). The third-order valence-corrected chi connectivity index (χ3v) is 7.44. The van der Waals surface area contributed by atoms with Crippen LogP contribution in [0.5, 0.6) is 0 Å². The van der Waals surface area contributed by atoms with E-state index in [1.165, 1.54) is 10.7 Å². The van der Waals surface area contributed by atoms with Gasteiger partial charge < -0.3 is 30.1 Å². The fraction of sp³-hybridized carbons (Fsp3) is 0.548. The van der Waals surface area contributed by atoms with Gasteiger partial charge in [-0.3, -0.25) is 9.59 Å². The Morgan fingerprint density at radius 2 is 1.78 bits per heavy atom. The summed E-state index contributed by atoms with van der Waals surface area (Å²) in [6, 6.07) is 6.24. The Labute approximate surface area is 262 Å². The van der Waals surface area contributed by atoms with Gasteiger partial charge in [-0.25, -0.2) is 18.7 Å². The van der Waals surface area contributed by atoms with Crippen LogP contribution in [0.2, 0.25) is 0 Å². The largest absolute Gasteiger partial charge is 0.478 e. The lowest BCUT2D eigenvalue weighted by atomic mass is 9.92. The van der Waals surface area contributed by atoms with E-state index < -0.39 is 17.8 Å². The number of carboxylic acids is 2. The molecule has 3 N–H and O–H groups in total.